The third-order valence-electron chi connectivity index (χ3n) is 3.63. The van der Waals surface area contributed by atoms with Crippen molar-refractivity contribution in [3.63, 3.8) is 0 Å². The molecule has 1 aromatic carbocycles. The van der Waals surface area contributed by atoms with Crippen LogP contribution in [-0.2, 0) is 0 Å². The minimum absolute atomic E-state index is 0.0956. The van der Waals surface area contributed by atoms with Crippen molar-refractivity contribution in [1.29, 1.82) is 0 Å². The molecule has 3 aromatic rings. The summed E-state index contributed by atoms with van der Waals surface area (Å²) < 4.78 is 18.3. The van der Waals surface area contributed by atoms with Gasteiger partial charge in [0, 0.05) is 6.54 Å². The summed E-state index contributed by atoms with van der Waals surface area (Å²) in [4.78, 5) is 26.8. The molecule has 0 fully saturated rings. The number of H-pyrrole nitrogens is 1. The number of halogens is 1. The van der Waals surface area contributed by atoms with E-state index in [-0.39, 0.29) is 12.1 Å². The summed E-state index contributed by atoms with van der Waals surface area (Å²) in [5, 5.41) is 12.5. The van der Waals surface area contributed by atoms with Crippen molar-refractivity contribution in [2.75, 3.05) is 6.54 Å². The number of aromatic amines is 1. The third-order valence-corrected chi connectivity index (χ3v) is 3.63. The largest absolute Gasteiger partial charge is 0.463 e. The third kappa shape index (κ3) is 3.84. The van der Waals surface area contributed by atoms with Crippen LogP contribution in [0.5, 0.6) is 0 Å². The van der Waals surface area contributed by atoms with E-state index in [4.69, 9.17) is 4.42 Å². The van der Waals surface area contributed by atoms with Gasteiger partial charge in [-0.05, 0) is 42.0 Å². The van der Waals surface area contributed by atoms with Gasteiger partial charge in [0.05, 0.1) is 18.1 Å². The number of aromatic nitrogens is 1. The number of rotatable bonds is 5. The van der Waals surface area contributed by atoms with Gasteiger partial charge in [-0.2, -0.15) is 0 Å². The predicted molar refractivity (Wildman–Crippen MR) is 88.5 cm³/mol. The maximum atomic E-state index is 13.1. The lowest BCUT2D eigenvalue weighted by Gasteiger charge is -2.12. The topological polar surface area (TPSA) is 95.3 Å². The average Bonchev–Trinajstić information content (AvgIpc) is 3.14. The Morgan fingerprint density at radius 3 is 2.76 bits per heavy atom. The Balaban J connectivity index is 1.68. The molecule has 0 aliphatic carbocycles. The van der Waals surface area contributed by atoms with E-state index >= 15 is 0 Å². The van der Waals surface area contributed by atoms with Crippen LogP contribution >= 0.6 is 0 Å². The van der Waals surface area contributed by atoms with E-state index in [0.717, 1.165) is 0 Å². The summed E-state index contributed by atoms with van der Waals surface area (Å²) in [7, 11) is 0. The lowest BCUT2D eigenvalue weighted by molar-refractivity contribution is 0.0914. The molecule has 0 saturated carbocycles. The minimum Gasteiger partial charge on any atom is -0.463 e. The molecule has 3 rings (SSSR count). The van der Waals surface area contributed by atoms with Crippen LogP contribution in [0.4, 0.5) is 4.39 Å². The van der Waals surface area contributed by atoms with Crippen LogP contribution in [0.15, 0.2) is 64.0 Å². The quantitative estimate of drug-likeness (QED) is 0.663. The second-order valence-corrected chi connectivity index (χ2v) is 5.37. The Kier molecular flexibility index (Phi) is 4.76. The van der Waals surface area contributed by atoms with Gasteiger partial charge in [0.2, 0.25) is 0 Å². The van der Waals surface area contributed by atoms with Gasteiger partial charge in [0.15, 0.2) is 0 Å². The Hall–Kier alpha value is -3.19. The SMILES string of the molecule is O=C(NCC(O)c1cccc(F)c1)c1ccc(-c2ccco2)[nH]c1=O. The van der Waals surface area contributed by atoms with E-state index in [0.29, 0.717) is 17.0 Å². The first-order valence-corrected chi connectivity index (χ1v) is 7.53. The maximum Gasteiger partial charge on any atom is 0.261 e. The smallest absolute Gasteiger partial charge is 0.261 e. The number of aliphatic hydroxyl groups excluding tert-OH is 1. The molecule has 0 bridgehead atoms. The van der Waals surface area contributed by atoms with Crippen molar-refractivity contribution in [2.45, 2.75) is 6.10 Å². The van der Waals surface area contributed by atoms with E-state index in [1.165, 1.54) is 30.5 Å². The van der Waals surface area contributed by atoms with Crippen LogP contribution in [0.25, 0.3) is 11.5 Å². The number of pyridine rings is 1. The number of carbonyl (C=O) groups excluding carboxylic acids is 1. The Bertz CT molecular complexity index is 934. The van der Waals surface area contributed by atoms with Crippen molar-refractivity contribution in [1.82, 2.24) is 10.3 Å². The van der Waals surface area contributed by atoms with Crippen LogP contribution in [0.3, 0.4) is 0 Å². The summed E-state index contributed by atoms with van der Waals surface area (Å²) >= 11 is 0. The highest BCUT2D eigenvalue weighted by atomic mass is 19.1. The van der Waals surface area contributed by atoms with E-state index in [9.17, 15) is 19.1 Å². The summed E-state index contributed by atoms with van der Waals surface area (Å²) in [5.41, 5.74) is 0.113. The van der Waals surface area contributed by atoms with Gasteiger partial charge < -0.3 is 19.8 Å². The molecular formula is C18H15FN2O4. The molecule has 2 heterocycles. The molecule has 0 spiro atoms. The van der Waals surface area contributed by atoms with Gasteiger partial charge in [0.25, 0.3) is 11.5 Å². The van der Waals surface area contributed by atoms with Gasteiger partial charge in [-0.3, -0.25) is 9.59 Å². The lowest BCUT2D eigenvalue weighted by Crippen LogP contribution is -2.32. The number of hydrogen-bond donors (Lipinski definition) is 3. The lowest BCUT2D eigenvalue weighted by atomic mass is 10.1. The first kappa shape index (κ1) is 16.7. The molecular weight excluding hydrogens is 327 g/mol. The molecule has 0 radical (unpaired) electrons. The van der Waals surface area contributed by atoms with Crippen LogP contribution in [0, 0.1) is 5.82 Å². The Labute approximate surface area is 141 Å². The van der Waals surface area contributed by atoms with Crippen molar-refractivity contribution in [3.8, 4) is 11.5 Å². The number of benzene rings is 1. The number of furan rings is 1. The van der Waals surface area contributed by atoms with Gasteiger partial charge in [0.1, 0.15) is 17.1 Å². The summed E-state index contributed by atoms with van der Waals surface area (Å²) in [6, 6.07) is 11.7. The highest BCUT2D eigenvalue weighted by Gasteiger charge is 2.15. The maximum absolute atomic E-state index is 13.1. The number of amides is 1. The fraction of sp³-hybridized carbons (Fsp3) is 0.111. The van der Waals surface area contributed by atoms with E-state index in [1.54, 1.807) is 24.3 Å². The molecule has 128 valence electrons. The molecule has 1 atom stereocenters. The molecule has 7 heteroatoms. The molecule has 0 aliphatic heterocycles. The number of nitrogens with one attached hydrogen (secondary N) is 2. The molecule has 0 aliphatic rings. The van der Waals surface area contributed by atoms with Gasteiger partial charge in [-0.25, -0.2) is 4.39 Å². The fourth-order valence-electron chi connectivity index (χ4n) is 2.34. The average molecular weight is 342 g/mol. The number of carbonyl (C=O) groups is 1. The minimum atomic E-state index is -1.08. The van der Waals surface area contributed by atoms with E-state index in [1.807, 2.05) is 0 Å². The summed E-state index contributed by atoms with van der Waals surface area (Å²) in [5.74, 6) is -0.638. The van der Waals surface area contributed by atoms with Crippen molar-refractivity contribution < 1.29 is 18.7 Å². The highest BCUT2D eigenvalue weighted by Crippen LogP contribution is 2.16. The first-order chi connectivity index (χ1) is 12.0. The molecule has 2 aromatic heterocycles. The molecule has 1 amide bonds. The van der Waals surface area contributed by atoms with Crippen molar-refractivity contribution in [3.05, 3.63) is 82.1 Å². The second kappa shape index (κ2) is 7.14. The monoisotopic (exact) mass is 342 g/mol. The number of hydrogen-bond acceptors (Lipinski definition) is 4. The highest BCUT2D eigenvalue weighted by molar-refractivity contribution is 5.94. The Morgan fingerprint density at radius 1 is 1.24 bits per heavy atom. The van der Waals surface area contributed by atoms with E-state index < -0.39 is 23.4 Å². The zero-order chi connectivity index (χ0) is 17.8. The van der Waals surface area contributed by atoms with Crippen LogP contribution in [0.1, 0.15) is 22.0 Å². The summed E-state index contributed by atoms with van der Waals surface area (Å²) in [6.07, 6.45) is 0.392. The molecule has 25 heavy (non-hydrogen) atoms. The normalized spacial score (nSPS) is 11.9. The molecule has 3 N–H and O–H groups in total. The molecule has 1 unspecified atom stereocenters. The van der Waals surface area contributed by atoms with Gasteiger partial charge >= 0.3 is 0 Å². The Morgan fingerprint density at radius 2 is 2.08 bits per heavy atom. The van der Waals surface area contributed by atoms with Gasteiger partial charge in [-0.15, -0.1) is 0 Å². The zero-order valence-electron chi connectivity index (χ0n) is 13.0. The van der Waals surface area contributed by atoms with Crippen molar-refractivity contribution >= 4 is 5.91 Å². The molecule has 6 nitrogen and oxygen atoms in total. The summed E-state index contributed by atoms with van der Waals surface area (Å²) in [6.45, 7) is -0.151. The molecule has 0 saturated heterocycles. The first-order valence-electron chi connectivity index (χ1n) is 7.53. The van der Waals surface area contributed by atoms with Crippen LogP contribution < -0.4 is 10.9 Å². The van der Waals surface area contributed by atoms with Crippen LogP contribution in [-0.4, -0.2) is 22.5 Å². The number of aliphatic hydroxyl groups is 1. The zero-order valence-corrected chi connectivity index (χ0v) is 13.0. The van der Waals surface area contributed by atoms with Gasteiger partial charge in [-0.1, -0.05) is 12.1 Å². The standard InChI is InChI=1S/C18H15FN2O4/c19-12-4-1-3-11(9-12)15(22)10-20-17(23)13-6-7-14(21-18(13)24)16-5-2-8-25-16/h1-9,15,22H,10H2,(H,20,23)(H,21,24). The second-order valence-electron chi connectivity index (χ2n) is 5.37. The fourth-order valence-corrected chi connectivity index (χ4v) is 2.34. The predicted octanol–water partition coefficient (Wildman–Crippen LogP) is 2.24. The van der Waals surface area contributed by atoms with Crippen LogP contribution in [0.2, 0.25) is 0 Å². The van der Waals surface area contributed by atoms with Crippen molar-refractivity contribution in [2.24, 2.45) is 0 Å². The van der Waals surface area contributed by atoms with E-state index in [2.05, 4.69) is 10.3 Å².